The first-order chi connectivity index (χ1) is 14.9. The summed E-state index contributed by atoms with van der Waals surface area (Å²) in [6.45, 7) is 6.26. The first kappa shape index (κ1) is 37.8. The summed E-state index contributed by atoms with van der Waals surface area (Å²) in [5, 5.41) is 30.5. The molecule has 0 unspecified atom stereocenters. The van der Waals surface area contributed by atoms with Crippen LogP contribution in [0.4, 0.5) is 0 Å². The molecule has 7 nitrogen and oxygen atoms in total. The molecular weight excluding hydrogens is 440 g/mol. The third kappa shape index (κ3) is 65.2. The van der Waals surface area contributed by atoms with Gasteiger partial charge in [0.2, 0.25) is 0 Å². The maximum atomic E-state index is 9.29. The van der Waals surface area contributed by atoms with Gasteiger partial charge in [0.15, 0.2) is 0 Å². The molecule has 0 aromatic heterocycles. The first-order valence-corrected chi connectivity index (χ1v) is 12.6. The monoisotopic (exact) mass is 488 g/mol. The molecule has 0 aromatic carbocycles. The summed E-state index contributed by atoms with van der Waals surface area (Å²) >= 11 is 6.83. The van der Waals surface area contributed by atoms with Crippen molar-refractivity contribution in [1.29, 1.82) is 0 Å². The smallest absolute Gasteiger partial charge is 0.313 e. The lowest BCUT2D eigenvalue weighted by molar-refractivity contribution is -0.134. The van der Waals surface area contributed by atoms with E-state index in [1.54, 1.807) is 0 Å². The summed E-state index contributed by atoms with van der Waals surface area (Å²) in [5.74, 6) is -1.93. The Morgan fingerprint density at radius 1 is 0.613 bits per heavy atom. The van der Waals surface area contributed by atoms with Crippen molar-refractivity contribution in [1.82, 2.24) is 0 Å². The number of hydrogen-bond acceptors (Lipinski definition) is 7. The molecule has 4 N–H and O–H groups in total. The van der Waals surface area contributed by atoms with Crippen molar-refractivity contribution in [3.63, 3.8) is 0 Å². The molecule has 0 radical (unpaired) electrons. The van der Waals surface area contributed by atoms with Crippen molar-refractivity contribution in [3.05, 3.63) is 0 Å². The molecular formula is C22H48O7S2. The van der Waals surface area contributed by atoms with Gasteiger partial charge in [-0.2, -0.15) is 25.3 Å². The highest BCUT2D eigenvalue weighted by Crippen LogP contribution is 2.06. The standard InChI is InChI=1S/C16H34O.2C2H4O2S.C2H6O2/c1-3-5-7-9-11-13-15-17-16-14-12-10-8-6-4-2;2*3-2(4)1-5;3-1-2-4/h3-16H2,1-2H3;2*5H,1H2,(H,3,4);3-4H,1-2H2. The number of aliphatic carboxylic acids is 2. The third-order valence-corrected chi connectivity index (χ3v) is 4.20. The summed E-state index contributed by atoms with van der Waals surface area (Å²) in [7, 11) is 0. The Kier molecular flexibility index (Phi) is 48.7. The van der Waals surface area contributed by atoms with Crippen LogP contribution >= 0.6 is 25.3 Å². The van der Waals surface area contributed by atoms with E-state index in [1.165, 1.54) is 77.0 Å². The minimum absolute atomic E-state index is 0.0833. The molecule has 0 aliphatic rings. The molecule has 0 aromatic rings. The van der Waals surface area contributed by atoms with E-state index in [9.17, 15) is 9.59 Å². The minimum atomic E-state index is -0.881. The summed E-state index contributed by atoms with van der Waals surface area (Å²) < 4.78 is 5.65. The predicted molar refractivity (Wildman–Crippen MR) is 135 cm³/mol. The number of aliphatic hydroxyl groups is 2. The van der Waals surface area contributed by atoms with E-state index in [0.717, 1.165) is 13.2 Å². The van der Waals surface area contributed by atoms with Crippen LogP contribution in [0.15, 0.2) is 0 Å². The number of unbranched alkanes of at least 4 members (excludes halogenated alkanes) is 10. The Labute approximate surface area is 200 Å². The molecule has 0 atom stereocenters. The van der Waals surface area contributed by atoms with Gasteiger partial charge >= 0.3 is 11.9 Å². The second-order valence-electron chi connectivity index (χ2n) is 6.70. The van der Waals surface area contributed by atoms with Crippen LogP contribution in [-0.2, 0) is 14.3 Å². The number of carboxylic acids is 2. The molecule has 0 saturated carbocycles. The maximum absolute atomic E-state index is 9.29. The molecule has 31 heavy (non-hydrogen) atoms. The Bertz CT molecular complexity index is 303. The molecule has 0 aliphatic heterocycles. The van der Waals surface area contributed by atoms with E-state index in [-0.39, 0.29) is 24.7 Å². The number of rotatable bonds is 17. The molecule has 0 rings (SSSR count). The normalized spacial score (nSPS) is 9.35. The largest absolute Gasteiger partial charge is 0.481 e. The number of aliphatic hydroxyl groups excluding tert-OH is 2. The van der Waals surface area contributed by atoms with Crippen LogP contribution in [0.1, 0.15) is 90.9 Å². The highest BCUT2D eigenvalue weighted by molar-refractivity contribution is 7.81. The topological polar surface area (TPSA) is 124 Å². The summed E-state index contributed by atoms with van der Waals surface area (Å²) in [4.78, 5) is 18.6. The van der Waals surface area contributed by atoms with E-state index < -0.39 is 11.9 Å². The van der Waals surface area contributed by atoms with Gasteiger partial charge in [0.25, 0.3) is 0 Å². The van der Waals surface area contributed by atoms with Crippen molar-refractivity contribution < 1.29 is 34.8 Å². The molecule has 0 saturated heterocycles. The molecule has 9 heteroatoms. The minimum Gasteiger partial charge on any atom is -0.481 e. The van der Waals surface area contributed by atoms with Gasteiger partial charge in [-0.15, -0.1) is 0 Å². The van der Waals surface area contributed by atoms with Crippen LogP contribution in [0.5, 0.6) is 0 Å². The van der Waals surface area contributed by atoms with Crippen LogP contribution < -0.4 is 0 Å². The second kappa shape index (κ2) is 39.9. The van der Waals surface area contributed by atoms with Crippen molar-refractivity contribution in [2.45, 2.75) is 90.9 Å². The predicted octanol–water partition coefficient (Wildman–Crippen LogP) is 4.70. The zero-order valence-electron chi connectivity index (χ0n) is 19.6. The zero-order valence-corrected chi connectivity index (χ0v) is 21.4. The van der Waals surface area contributed by atoms with Crippen molar-refractivity contribution in [2.75, 3.05) is 37.9 Å². The maximum Gasteiger partial charge on any atom is 0.313 e. The molecule has 0 aliphatic carbocycles. The molecule has 190 valence electrons. The zero-order chi connectivity index (χ0) is 24.6. The van der Waals surface area contributed by atoms with Crippen LogP contribution in [0.3, 0.4) is 0 Å². The van der Waals surface area contributed by atoms with Gasteiger partial charge in [-0.3, -0.25) is 9.59 Å². The lowest BCUT2D eigenvalue weighted by Gasteiger charge is -2.04. The van der Waals surface area contributed by atoms with Crippen LogP contribution in [0, 0.1) is 0 Å². The van der Waals surface area contributed by atoms with Crippen molar-refractivity contribution in [2.24, 2.45) is 0 Å². The van der Waals surface area contributed by atoms with Gasteiger partial charge in [0, 0.05) is 13.2 Å². The van der Waals surface area contributed by atoms with E-state index in [0.29, 0.717) is 0 Å². The number of thiol groups is 2. The molecule has 0 amide bonds. The fourth-order valence-electron chi connectivity index (χ4n) is 2.07. The number of carbonyl (C=O) groups is 2. The van der Waals surface area contributed by atoms with Gasteiger partial charge < -0.3 is 25.2 Å². The van der Waals surface area contributed by atoms with E-state index in [2.05, 4.69) is 39.1 Å². The molecule has 0 fully saturated rings. The van der Waals surface area contributed by atoms with Gasteiger partial charge in [-0.1, -0.05) is 78.1 Å². The van der Waals surface area contributed by atoms with Crippen LogP contribution in [0.2, 0.25) is 0 Å². The lowest BCUT2D eigenvalue weighted by Crippen LogP contribution is -1.97. The SMILES string of the molecule is CCCCCCCCOCCCCCCCC.O=C(O)CS.O=C(O)CS.OCCO. The van der Waals surface area contributed by atoms with Gasteiger partial charge in [0.1, 0.15) is 0 Å². The van der Waals surface area contributed by atoms with Crippen molar-refractivity contribution >= 4 is 37.2 Å². The Morgan fingerprint density at radius 2 is 0.871 bits per heavy atom. The fourth-order valence-corrected chi connectivity index (χ4v) is 2.07. The number of carboxylic acid groups (broad SMARTS) is 2. The molecule has 0 heterocycles. The average Bonchev–Trinajstić information content (AvgIpc) is 2.77. The average molecular weight is 489 g/mol. The van der Waals surface area contributed by atoms with E-state index >= 15 is 0 Å². The summed E-state index contributed by atoms with van der Waals surface area (Å²) in [6, 6.07) is 0. The number of ether oxygens (including phenoxy) is 1. The quantitative estimate of drug-likeness (QED) is 0.130. The highest BCUT2D eigenvalue weighted by Gasteiger charge is 1.92. The van der Waals surface area contributed by atoms with Gasteiger partial charge in [-0.05, 0) is 12.8 Å². The second-order valence-corrected chi connectivity index (χ2v) is 7.33. The highest BCUT2D eigenvalue weighted by atomic mass is 32.1. The van der Waals surface area contributed by atoms with Gasteiger partial charge in [0.05, 0.1) is 24.7 Å². The van der Waals surface area contributed by atoms with Gasteiger partial charge in [-0.25, -0.2) is 0 Å². The Morgan fingerprint density at radius 3 is 1.10 bits per heavy atom. The summed E-state index contributed by atoms with van der Waals surface area (Å²) in [5.41, 5.74) is 0. The lowest BCUT2D eigenvalue weighted by atomic mass is 10.1. The summed E-state index contributed by atoms with van der Waals surface area (Å²) in [6.07, 6.45) is 16.3. The first-order valence-electron chi connectivity index (χ1n) is 11.3. The third-order valence-electron chi connectivity index (χ3n) is 3.65. The molecule has 0 spiro atoms. The number of hydrogen-bond donors (Lipinski definition) is 6. The Balaban J connectivity index is -0.000000211. The van der Waals surface area contributed by atoms with Crippen LogP contribution in [0.25, 0.3) is 0 Å². The van der Waals surface area contributed by atoms with Crippen LogP contribution in [-0.4, -0.2) is 70.3 Å². The fraction of sp³-hybridized carbons (Fsp3) is 0.909. The van der Waals surface area contributed by atoms with E-state index in [1.807, 2.05) is 0 Å². The van der Waals surface area contributed by atoms with Crippen molar-refractivity contribution in [3.8, 4) is 0 Å². The van der Waals surface area contributed by atoms with E-state index in [4.69, 9.17) is 25.2 Å². The molecule has 0 bridgehead atoms. The Hall–Kier alpha value is -0.480.